The number of benzene rings is 3. The molecule has 23 heavy (non-hydrogen) atoms. The predicted octanol–water partition coefficient (Wildman–Crippen LogP) is 5.19. The molecule has 0 aromatic heterocycles. The van der Waals surface area contributed by atoms with Gasteiger partial charge in [0.15, 0.2) is 0 Å². The number of halogens is 1. The van der Waals surface area contributed by atoms with Gasteiger partial charge in [0, 0.05) is 5.02 Å². The molecule has 0 saturated heterocycles. The average molecular weight is 321 g/mol. The van der Waals surface area contributed by atoms with Crippen molar-refractivity contribution in [2.24, 2.45) is 0 Å². The van der Waals surface area contributed by atoms with E-state index in [1.165, 1.54) is 5.56 Å². The van der Waals surface area contributed by atoms with Crippen molar-refractivity contribution >= 4 is 11.6 Å². The molecule has 1 N–H and O–H groups in total. The Kier molecular flexibility index (Phi) is 3.48. The number of fused-ring (bicyclic) bond motifs is 1. The van der Waals surface area contributed by atoms with Crippen LogP contribution in [0.2, 0.25) is 5.02 Å². The monoisotopic (exact) mass is 320 g/mol. The highest BCUT2D eigenvalue weighted by Crippen LogP contribution is 2.45. The Balaban J connectivity index is 1.89. The fourth-order valence-corrected chi connectivity index (χ4v) is 3.72. The fourth-order valence-electron chi connectivity index (χ4n) is 3.60. The summed E-state index contributed by atoms with van der Waals surface area (Å²) in [6, 6.07) is 24.1. The molecule has 0 aliphatic heterocycles. The summed E-state index contributed by atoms with van der Waals surface area (Å²) in [4.78, 5) is 0. The van der Waals surface area contributed by atoms with E-state index in [0.717, 1.165) is 40.1 Å². The Morgan fingerprint density at radius 1 is 0.783 bits per heavy atom. The van der Waals surface area contributed by atoms with E-state index in [4.69, 9.17) is 11.6 Å². The first-order valence-corrected chi connectivity index (χ1v) is 8.22. The Hall–Kier alpha value is -2.09. The minimum absolute atomic E-state index is 0.719. The van der Waals surface area contributed by atoms with Crippen LogP contribution < -0.4 is 0 Å². The second-order valence-corrected chi connectivity index (χ2v) is 6.51. The summed E-state index contributed by atoms with van der Waals surface area (Å²) in [6.07, 6.45) is 1.62. The zero-order valence-electron chi connectivity index (χ0n) is 12.7. The lowest BCUT2D eigenvalue weighted by molar-refractivity contribution is 0.0835. The van der Waals surface area contributed by atoms with Crippen LogP contribution >= 0.6 is 11.6 Å². The molecule has 1 nitrogen and oxygen atoms in total. The third kappa shape index (κ3) is 2.37. The van der Waals surface area contributed by atoms with Crippen LogP contribution in [0.3, 0.4) is 0 Å². The van der Waals surface area contributed by atoms with Gasteiger partial charge in [0.05, 0.1) is 0 Å². The van der Waals surface area contributed by atoms with Gasteiger partial charge in [0.25, 0.3) is 0 Å². The molecule has 1 unspecified atom stereocenters. The lowest BCUT2D eigenvalue weighted by Crippen LogP contribution is -2.24. The Labute approximate surface area is 141 Å². The van der Waals surface area contributed by atoms with Crippen molar-refractivity contribution < 1.29 is 5.11 Å². The van der Waals surface area contributed by atoms with E-state index in [9.17, 15) is 5.11 Å². The largest absolute Gasteiger partial charge is 0.380 e. The van der Waals surface area contributed by atoms with Gasteiger partial charge in [-0.1, -0.05) is 72.3 Å². The Bertz CT molecular complexity index is 854. The third-order valence-corrected chi connectivity index (χ3v) is 5.00. The maximum absolute atomic E-state index is 11.5. The van der Waals surface area contributed by atoms with Crippen molar-refractivity contribution in [3.05, 3.63) is 94.5 Å². The topological polar surface area (TPSA) is 20.2 Å². The number of aryl methyl sites for hydroxylation is 1. The highest BCUT2D eigenvalue weighted by Gasteiger charge is 2.39. The quantitative estimate of drug-likeness (QED) is 0.689. The van der Waals surface area contributed by atoms with Crippen LogP contribution in [0.5, 0.6) is 0 Å². The summed E-state index contributed by atoms with van der Waals surface area (Å²) in [6.45, 7) is 0. The van der Waals surface area contributed by atoms with Crippen molar-refractivity contribution in [2.45, 2.75) is 18.4 Å². The lowest BCUT2D eigenvalue weighted by atomic mass is 9.83. The van der Waals surface area contributed by atoms with Crippen LogP contribution in [0.4, 0.5) is 0 Å². The van der Waals surface area contributed by atoms with Gasteiger partial charge in [-0.05, 0) is 52.8 Å². The minimum atomic E-state index is -0.924. The molecule has 0 spiro atoms. The predicted molar refractivity (Wildman–Crippen MR) is 94.6 cm³/mol. The standard InChI is InChI=1S/C21H17ClO/c22-17-11-9-15(10-12-17)18-6-2-4-8-20(18)21(23)14-13-16-5-1-3-7-19(16)21/h1-12,23H,13-14H2. The van der Waals surface area contributed by atoms with Crippen LogP contribution in [0.25, 0.3) is 11.1 Å². The summed E-state index contributed by atoms with van der Waals surface area (Å²) in [5.74, 6) is 0. The van der Waals surface area contributed by atoms with E-state index in [1.54, 1.807) is 0 Å². The van der Waals surface area contributed by atoms with E-state index in [1.807, 2.05) is 60.7 Å². The third-order valence-electron chi connectivity index (χ3n) is 4.75. The summed E-state index contributed by atoms with van der Waals surface area (Å²) in [5.41, 5.74) is 4.44. The summed E-state index contributed by atoms with van der Waals surface area (Å²) in [7, 11) is 0. The Morgan fingerprint density at radius 3 is 2.22 bits per heavy atom. The molecule has 4 rings (SSSR count). The number of aliphatic hydroxyl groups is 1. The smallest absolute Gasteiger partial charge is 0.116 e. The van der Waals surface area contributed by atoms with Crippen molar-refractivity contribution in [1.82, 2.24) is 0 Å². The highest BCUT2D eigenvalue weighted by atomic mass is 35.5. The molecule has 3 aromatic carbocycles. The second kappa shape index (κ2) is 5.52. The van der Waals surface area contributed by atoms with Gasteiger partial charge in [0.2, 0.25) is 0 Å². The van der Waals surface area contributed by atoms with Gasteiger partial charge < -0.3 is 5.11 Å². The van der Waals surface area contributed by atoms with Crippen molar-refractivity contribution in [1.29, 1.82) is 0 Å². The minimum Gasteiger partial charge on any atom is -0.380 e. The van der Waals surface area contributed by atoms with Crippen molar-refractivity contribution in [3.8, 4) is 11.1 Å². The normalized spacial score (nSPS) is 19.6. The summed E-state index contributed by atoms with van der Waals surface area (Å²) in [5, 5.41) is 12.2. The van der Waals surface area contributed by atoms with Gasteiger partial charge in [-0.2, -0.15) is 0 Å². The maximum atomic E-state index is 11.5. The van der Waals surface area contributed by atoms with Crippen molar-refractivity contribution in [3.63, 3.8) is 0 Å². The zero-order valence-corrected chi connectivity index (χ0v) is 13.4. The maximum Gasteiger partial charge on any atom is 0.116 e. The molecule has 0 fully saturated rings. The number of hydrogen-bond acceptors (Lipinski definition) is 1. The molecule has 0 amide bonds. The molecule has 1 atom stereocenters. The second-order valence-electron chi connectivity index (χ2n) is 6.07. The van der Waals surface area contributed by atoms with Gasteiger partial charge in [-0.15, -0.1) is 0 Å². The molecule has 3 aromatic rings. The highest BCUT2D eigenvalue weighted by molar-refractivity contribution is 6.30. The van der Waals surface area contributed by atoms with E-state index < -0.39 is 5.60 Å². The molecule has 0 saturated carbocycles. The first-order valence-electron chi connectivity index (χ1n) is 7.85. The van der Waals surface area contributed by atoms with Gasteiger partial charge in [0.1, 0.15) is 5.60 Å². The fraction of sp³-hybridized carbons (Fsp3) is 0.143. The molecule has 1 aliphatic rings. The van der Waals surface area contributed by atoms with Gasteiger partial charge in [-0.3, -0.25) is 0 Å². The van der Waals surface area contributed by atoms with Crippen LogP contribution in [0, 0.1) is 0 Å². The Morgan fingerprint density at radius 2 is 1.43 bits per heavy atom. The van der Waals surface area contributed by atoms with Gasteiger partial charge in [-0.25, -0.2) is 0 Å². The lowest BCUT2D eigenvalue weighted by Gasteiger charge is -2.27. The summed E-state index contributed by atoms with van der Waals surface area (Å²) < 4.78 is 0. The molecule has 0 bridgehead atoms. The van der Waals surface area contributed by atoms with Crippen LogP contribution in [-0.4, -0.2) is 5.11 Å². The van der Waals surface area contributed by atoms with Crippen LogP contribution in [0.1, 0.15) is 23.1 Å². The zero-order chi connectivity index (χ0) is 15.9. The first kappa shape index (κ1) is 14.5. The molecular formula is C21H17ClO. The van der Waals surface area contributed by atoms with Crippen molar-refractivity contribution in [2.75, 3.05) is 0 Å². The van der Waals surface area contributed by atoms with Crippen LogP contribution in [0.15, 0.2) is 72.8 Å². The molecule has 0 radical (unpaired) electrons. The molecular weight excluding hydrogens is 304 g/mol. The molecule has 2 heteroatoms. The van der Waals surface area contributed by atoms with E-state index in [-0.39, 0.29) is 0 Å². The van der Waals surface area contributed by atoms with Crippen LogP contribution in [-0.2, 0) is 12.0 Å². The van der Waals surface area contributed by atoms with E-state index >= 15 is 0 Å². The number of hydrogen-bond donors (Lipinski definition) is 1. The average Bonchev–Trinajstić information content (AvgIpc) is 2.94. The molecule has 0 heterocycles. The SMILES string of the molecule is OC1(c2ccccc2-c2ccc(Cl)cc2)CCc2ccccc21. The first-order chi connectivity index (χ1) is 11.2. The summed E-state index contributed by atoms with van der Waals surface area (Å²) >= 11 is 6.01. The number of rotatable bonds is 2. The van der Waals surface area contributed by atoms with Gasteiger partial charge >= 0.3 is 0 Å². The molecule has 1 aliphatic carbocycles. The van der Waals surface area contributed by atoms with E-state index in [2.05, 4.69) is 12.1 Å². The van der Waals surface area contributed by atoms with E-state index in [0.29, 0.717) is 0 Å². The molecule has 114 valence electrons.